The van der Waals surface area contributed by atoms with Crippen LogP contribution >= 0.6 is 0 Å². The highest BCUT2D eigenvalue weighted by Gasteiger charge is 2.41. The molecule has 0 amide bonds. The van der Waals surface area contributed by atoms with Crippen molar-refractivity contribution >= 4 is 0 Å². The van der Waals surface area contributed by atoms with E-state index in [9.17, 15) is 5.11 Å². The van der Waals surface area contributed by atoms with Gasteiger partial charge in [-0.2, -0.15) is 0 Å². The van der Waals surface area contributed by atoms with Gasteiger partial charge in [-0.3, -0.25) is 0 Å². The molecular formula is C15H30O3. The van der Waals surface area contributed by atoms with Crippen LogP contribution in [0.4, 0.5) is 0 Å². The summed E-state index contributed by atoms with van der Waals surface area (Å²) in [5.74, 6) is 0.642. The number of hydrogen-bond donors (Lipinski definition) is 1. The molecule has 0 aromatic heterocycles. The van der Waals surface area contributed by atoms with Gasteiger partial charge in [-0.1, -0.05) is 19.8 Å². The first kappa shape index (κ1) is 15.9. The standard InChI is InChI=1S/C15H30O3/c1-12-7-6-9-15(11-12,18-5)13(16)8-10-14(2,3)17-4/h12-13,16H,6-11H2,1-5H3. The molecule has 0 bridgehead atoms. The van der Waals surface area contributed by atoms with Crippen LogP contribution in [-0.2, 0) is 9.47 Å². The van der Waals surface area contributed by atoms with E-state index in [1.54, 1.807) is 14.2 Å². The Labute approximate surface area is 112 Å². The molecule has 0 aromatic carbocycles. The molecule has 0 saturated heterocycles. The van der Waals surface area contributed by atoms with E-state index in [0.717, 1.165) is 32.1 Å². The molecule has 0 radical (unpaired) electrons. The molecular weight excluding hydrogens is 228 g/mol. The molecule has 0 aliphatic heterocycles. The van der Waals surface area contributed by atoms with Crippen LogP contribution in [0.15, 0.2) is 0 Å². The molecule has 1 saturated carbocycles. The summed E-state index contributed by atoms with van der Waals surface area (Å²) in [5.41, 5.74) is -0.502. The number of aliphatic hydroxyl groups excluding tert-OH is 1. The van der Waals surface area contributed by atoms with Crippen molar-refractivity contribution in [3.05, 3.63) is 0 Å². The third-order valence-corrected chi connectivity index (χ3v) is 4.58. The summed E-state index contributed by atoms with van der Waals surface area (Å²) in [7, 11) is 3.46. The highest BCUT2D eigenvalue weighted by molar-refractivity contribution is 4.93. The van der Waals surface area contributed by atoms with Crippen molar-refractivity contribution in [3.63, 3.8) is 0 Å². The van der Waals surface area contributed by atoms with Gasteiger partial charge >= 0.3 is 0 Å². The maximum atomic E-state index is 10.5. The fraction of sp³-hybridized carbons (Fsp3) is 1.00. The van der Waals surface area contributed by atoms with Crippen molar-refractivity contribution in [1.29, 1.82) is 0 Å². The molecule has 0 spiro atoms. The van der Waals surface area contributed by atoms with Gasteiger partial charge in [0.2, 0.25) is 0 Å². The molecule has 3 atom stereocenters. The Bertz CT molecular complexity index is 252. The molecule has 1 rings (SSSR count). The minimum Gasteiger partial charge on any atom is -0.390 e. The summed E-state index contributed by atoms with van der Waals surface area (Å²) in [4.78, 5) is 0. The predicted molar refractivity (Wildman–Crippen MR) is 73.7 cm³/mol. The highest BCUT2D eigenvalue weighted by atomic mass is 16.5. The molecule has 0 aromatic rings. The van der Waals surface area contributed by atoms with Gasteiger partial charge in [0.15, 0.2) is 0 Å². The number of methoxy groups -OCH3 is 2. The van der Waals surface area contributed by atoms with Crippen LogP contribution < -0.4 is 0 Å². The maximum Gasteiger partial charge on any atom is 0.0938 e. The van der Waals surface area contributed by atoms with E-state index < -0.39 is 0 Å². The molecule has 3 heteroatoms. The molecule has 1 aliphatic rings. The average Bonchev–Trinajstić information content (AvgIpc) is 2.35. The number of hydrogen-bond acceptors (Lipinski definition) is 3. The normalized spacial score (nSPS) is 31.3. The van der Waals surface area contributed by atoms with Gasteiger partial charge < -0.3 is 14.6 Å². The van der Waals surface area contributed by atoms with Crippen LogP contribution in [-0.4, -0.2) is 36.6 Å². The summed E-state index contributed by atoms with van der Waals surface area (Å²) < 4.78 is 11.1. The van der Waals surface area contributed by atoms with Crippen molar-refractivity contribution in [2.24, 2.45) is 5.92 Å². The maximum absolute atomic E-state index is 10.5. The van der Waals surface area contributed by atoms with Crippen molar-refractivity contribution in [2.45, 2.75) is 76.6 Å². The largest absolute Gasteiger partial charge is 0.390 e. The zero-order valence-electron chi connectivity index (χ0n) is 12.7. The fourth-order valence-electron chi connectivity index (χ4n) is 3.02. The number of ether oxygens (including phenoxy) is 2. The van der Waals surface area contributed by atoms with Gasteiger partial charge in [0.25, 0.3) is 0 Å². The van der Waals surface area contributed by atoms with Gasteiger partial charge in [-0.05, 0) is 45.4 Å². The Hall–Kier alpha value is -0.120. The SMILES string of the molecule is COC(C)(C)CCC(O)C1(OC)CCCC(C)C1. The second-order valence-electron chi connectivity index (χ2n) is 6.49. The zero-order chi connectivity index (χ0) is 13.8. The Balaban J connectivity index is 2.59. The van der Waals surface area contributed by atoms with Crippen LogP contribution in [0.3, 0.4) is 0 Å². The lowest BCUT2D eigenvalue weighted by atomic mass is 9.74. The molecule has 1 aliphatic carbocycles. The summed E-state index contributed by atoms with van der Waals surface area (Å²) in [6.45, 7) is 6.37. The molecule has 3 nitrogen and oxygen atoms in total. The third-order valence-electron chi connectivity index (χ3n) is 4.58. The first-order valence-electron chi connectivity index (χ1n) is 7.13. The van der Waals surface area contributed by atoms with Gasteiger partial charge in [0.1, 0.15) is 0 Å². The summed E-state index contributed by atoms with van der Waals surface area (Å²) >= 11 is 0. The van der Waals surface area contributed by atoms with E-state index in [1.165, 1.54) is 6.42 Å². The van der Waals surface area contributed by atoms with E-state index >= 15 is 0 Å². The molecule has 18 heavy (non-hydrogen) atoms. The average molecular weight is 258 g/mol. The van der Waals surface area contributed by atoms with Crippen LogP contribution in [0.25, 0.3) is 0 Å². The lowest BCUT2D eigenvalue weighted by molar-refractivity contribution is -0.138. The molecule has 0 heterocycles. The Morgan fingerprint density at radius 2 is 2.06 bits per heavy atom. The van der Waals surface area contributed by atoms with Crippen LogP contribution in [0.5, 0.6) is 0 Å². The predicted octanol–water partition coefficient (Wildman–Crippen LogP) is 3.15. The third kappa shape index (κ3) is 3.94. The minimum absolute atomic E-state index is 0.170. The Kier molecular flexibility index (Phi) is 5.63. The van der Waals surface area contributed by atoms with Crippen molar-refractivity contribution < 1.29 is 14.6 Å². The second-order valence-corrected chi connectivity index (χ2v) is 6.49. The minimum atomic E-state index is -0.389. The van der Waals surface area contributed by atoms with Crippen molar-refractivity contribution in [2.75, 3.05) is 14.2 Å². The lowest BCUT2D eigenvalue weighted by Crippen LogP contribution is -2.48. The van der Waals surface area contributed by atoms with Gasteiger partial charge in [-0.15, -0.1) is 0 Å². The topological polar surface area (TPSA) is 38.7 Å². The first-order valence-corrected chi connectivity index (χ1v) is 7.13. The van der Waals surface area contributed by atoms with E-state index in [2.05, 4.69) is 20.8 Å². The van der Waals surface area contributed by atoms with Crippen molar-refractivity contribution in [3.8, 4) is 0 Å². The number of rotatable bonds is 6. The first-order chi connectivity index (χ1) is 8.35. The van der Waals surface area contributed by atoms with Gasteiger partial charge in [0, 0.05) is 14.2 Å². The van der Waals surface area contributed by atoms with Crippen LogP contribution in [0.2, 0.25) is 0 Å². The van der Waals surface area contributed by atoms with Crippen LogP contribution in [0, 0.1) is 5.92 Å². The molecule has 108 valence electrons. The van der Waals surface area contributed by atoms with Crippen LogP contribution in [0.1, 0.15) is 59.3 Å². The Morgan fingerprint density at radius 3 is 2.56 bits per heavy atom. The lowest BCUT2D eigenvalue weighted by Gasteiger charge is -2.43. The van der Waals surface area contributed by atoms with Gasteiger partial charge in [-0.25, -0.2) is 0 Å². The monoisotopic (exact) mass is 258 g/mol. The van der Waals surface area contributed by atoms with Gasteiger partial charge in [0.05, 0.1) is 17.3 Å². The summed E-state index contributed by atoms with van der Waals surface area (Å²) in [5, 5.41) is 10.5. The van der Waals surface area contributed by atoms with E-state index in [-0.39, 0.29) is 17.3 Å². The van der Waals surface area contributed by atoms with Crippen molar-refractivity contribution in [1.82, 2.24) is 0 Å². The molecule has 3 unspecified atom stereocenters. The zero-order valence-corrected chi connectivity index (χ0v) is 12.7. The smallest absolute Gasteiger partial charge is 0.0938 e. The highest BCUT2D eigenvalue weighted by Crippen LogP contribution is 2.39. The quantitative estimate of drug-likeness (QED) is 0.795. The summed E-state index contributed by atoms with van der Waals surface area (Å²) in [6.07, 6.45) is 5.55. The Morgan fingerprint density at radius 1 is 1.39 bits per heavy atom. The van der Waals surface area contributed by atoms with E-state index in [0.29, 0.717) is 5.92 Å². The summed E-state index contributed by atoms with van der Waals surface area (Å²) in [6, 6.07) is 0. The van der Waals surface area contributed by atoms with E-state index in [4.69, 9.17) is 9.47 Å². The molecule has 1 fully saturated rings. The fourth-order valence-corrected chi connectivity index (χ4v) is 3.02. The molecule has 1 N–H and O–H groups in total. The number of aliphatic hydroxyl groups is 1. The second kappa shape index (κ2) is 6.36. The van der Waals surface area contributed by atoms with E-state index in [1.807, 2.05) is 0 Å².